The Kier molecular flexibility index (Phi) is 4.08. The van der Waals surface area contributed by atoms with E-state index >= 15 is 0 Å². The van der Waals surface area contributed by atoms with Crippen molar-refractivity contribution in [3.05, 3.63) is 42.1 Å². The third-order valence-corrected chi connectivity index (χ3v) is 5.94. The number of rotatable bonds is 5. The maximum Gasteiger partial charge on any atom is 0.305 e. The molecule has 2 aromatic rings. The molecule has 0 fully saturated rings. The van der Waals surface area contributed by atoms with Crippen LogP contribution in [0.5, 0.6) is 0 Å². The van der Waals surface area contributed by atoms with Crippen LogP contribution < -0.4 is 4.31 Å². The number of para-hydroxylation sites is 1. The number of hydrogen-bond acceptors (Lipinski definition) is 4. The predicted molar refractivity (Wildman–Crippen MR) is 88.5 cm³/mol. The summed E-state index contributed by atoms with van der Waals surface area (Å²) in [5.41, 5.74) is 1.38. The quantitative estimate of drug-likeness (QED) is 0.892. The van der Waals surface area contributed by atoms with Crippen LogP contribution in [0.15, 0.2) is 41.6 Å². The first kappa shape index (κ1) is 16.5. The van der Waals surface area contributed by atoms with Crippen molar-refractivity contribution in [1.82, 2.24) is 9.78 Å². The number of sulfonamides is 1. The molecule has 0 saturated carbocycles. The zero-order valence-corrected chi connectivity index (χ0v) is 14.3. The highest BCUT2D eigenvalue weighted by atomic mass is 32.2. The summed E-state index contributed by atoms with van der Waals surface area (Å²) in [7, 11) is -3.91. The Hall–Kier alpha value is -2.35. The van der Waals surface area contributed by atoms with Crippen LogP contribution in [-0.2, 0) is 21.2 Å². The maximum atomic E-state index is 13.2. The van der Waals surface area contributed by atoms with E-state index in [2.05, 4.69) is 5.10 Å². The lowest BCUT2D eigenvalue weighted by Gasteiger charge is -2.26. The van der Waals surface area contributed by atoms with Crippen LogP contribution >= 0.6 is 0 Å². The summed E-state index contributed by atoms with van der Waals surface area (Å²) in [6.07, 6.45) is 1.59. The lowest BCUT2D eigenvalue weighted by Crippen LogP contribution is -2.40. The molecule has 0 radical (unpaired) electrons. The van der Waals surface area contributed by atoms with Gasteiger partial charge in [-0.2, -0.15) is 13.5 Å². The van der Waals surface area contributed by atoms with Crippen molar-refractivity contribution in [2.45, 2.75) is 43.8 Å². The number of hydrogen-bond donors (Lipinski definition) is 1. The number of anilines is 1. The molecule has 1 aliphatic rings. The molecule has 0 saturated heterocycles. The Morgan fingerprint density at radius 3 is 2.71 bits per heavy atom. The molecule has 0 bridgehead atoms. The summed E-state index contributed by atoms with van der Waals surface area (Å²) >= 11 is 0. The van der Waals surface area contributed by atoms with E-state index in [0.717, 1.165) is 5.56 Å². The summed E-state index contributed by atoms with van der Waals surface area (Å²) in [6, 6.07) is 7.81. The zero-order chi connectivity index (χ0) is 17.5. The highest BCUT2D eigenvalue weighted by molar-refractivity contribution is 7.92. The molecule has 3 rings (SSSR count). The number of aliphatic carboxylic acids is 1. The van der Waals surface area contributed by atoms with Gasteiger partial charge in [0.05, 0.1) is 24.3 Å². The molecule has 1 atom stereocenters. The fourth-order valence-electron chi connectivity index (χ4n) is 3.11. The topological polar surface area (TPSA) is 92.5 Å². The second kappa shape index (κ2) is 5.94. The van der Waals surface area contributed by atoms with Gasteiger partial charge in [-0.1, -0.05) is 18.2 Å². The van der Waals surface area contributed by atoms with Crippen LogP contribution in [0.4, 0.5) is 5.69 Å². The first-order valence-corrected chi connectivity index (χ1v) is 9.14. The number of carboxylic acid groups (broad SMARTS) is 1. The number of carboxylic acids is 1. The summed E-state index contributed by atoms with van der Waals surface area (Å²) in [4.78, 5) is 11.2. The van der Waals surface area contributed by atoms with Gasteiger partial charge in [-0.25, -0.2) is 4.68 Å². The van der Waals surface area contributed by atoms with E-state index in [9.17, 15) is 18.3 Å². The van der Waals surface area contributed by atoms with Crippen molar-refractivity contribution in [1.29, 1.82) is 0 Å². The molecule has 0 aliphatic carbocycles. The van der Waals surface area contributed by atoms with E-state index < -0.39 is 22.0 Å². The summed E-state index contributed by atoms with van der Waals surface area (Å²) in [6.45, 7) is 3.69. The Labute approximate surface area is 140 Å². The van der Waals surface area contributed by atoms with E-state index in [1.54, 1.807) is 12.1 Å². The van der Waals surface area contributed by atoms with Gasteiger partial charge in [-0.3, -0.25) is 9.10 Å². The fourth-order valence-corrected chi connectivity index (χ4v) is 5.02. The molecule has 0 unspecified atom stereocenters. The monoisotopic (exact) mass is 349 g/mol. The van der Waals surface area contributed by atoms with Gasteiger partial charge in [0.1, 0.15) is 0 Å². The minimum absolute atomic E-state index is 0.0737. The second-order valence-corrected chi connectivity index (χ2v) is 7.85. The molecule has 0 amide bonds. The minimum Gasteiger partial charge on any atom is -0.481 e. The molecule has 24 heavy (non-hydrogen) atoms. The van der Waals surface area contributed by atoms with Crippen molar-refractivity contribution < 1.29 is 18.3 Å². The smallest absolute Gasteiger partial charge is 0.305 e. The van der Waals surface area contributed by atoms with Gasteiger partial charge in [0.25, 0.3) is 10.0 Å². The number of benzene rings is 1. The van der Waals surface area contributed by atoms with Gasteiger partial charge in [-0.15, -0.1) is 0 Å². The lowest BCUT2D eigenvalue weighted by molar-refractivity contribution is -0.137. The SMILES string of the molecule is CC(C)n1nccc1S(=O)(=O)N1c2ccccc2C[C@H]1CC(=O)O. The first-order valence-electron chi connectivity index (χ1n) is 7.70. The summed E-state index contributed by atoms with van der Waals surface area (Å²) in [5, 5.41) is 13.3. The van der Waals surface area contributed by atoms with Crippen molar-refractivity contribution in [3.8, 4) is 0 Å². The number of aromatic nitrogens is 2. The molecule has 0 spiro atoms. The van der Waals surface area contributed by atoms with Crippen LogP contribution in [0.3, 0.4) is 0 Å². The van der Waals surface area contributed by atoms with E-state index in [1.807, 2.05) is 26.0 Å². The molecular formula is C16H19N3O4S. The molecule has 128 valence electrons. The first-order chi connectivity index (χ1) is 11.3. The van der Waals surface area contributed by atoms with Gasteiger partial charge in [0.15, 0.2) is 5.03 Å². The van der Waals surface area contributed by atoms with E-state index in [1.165, 1.54) is 21.3 Å². The van der Waals surface area contributed by atoms with E-state index in [-0.39, 0.29) is 17.5 Å². The third-order valence-electron chi connectivity index (χ3n) is 4.07. The maximum absolute atomic E-state index is 13.2. The molecule has 1 aromatic heterocycles. The Morgan fingerprint density at radius 1 is 1.33 bits per heavy atom. The zero-order valence-electron chi connectivity index (χ0n) is 13.5. The van der Waals surface area contributed by atoms with Gasteiger partial charge < -0.3 is 5.11 Å². The van der Waals surface area contributed by atoms with Crippen LogP contribution in [-0.4, -0.2) is 35.3 Å². The standard InChI is InChI=1S/C16H19N3O4S/c1-11(2)18-15(7-8-17-18)24(22,23)19-13(10-16(20)21)9-12-5-3-4-6-14(12)19/h3-8,11,13H,9-10H2,1-2H3,(H,20,21)/t13-/m0/s1. The van der Waals surface area contributed by atoms with Crippen LogP contribution in [0.1, 0.15) is 31.9 Å². The van der Waals surface area contributed by atoms with Crippen molar-refractivity contribution >= 4 is 21.7 Å². The number of nitrogens with zero attached hydrogens (tertiary/aromatic N) is 3. The van der Waals surface area contributed by atoms with Gasteiger partial charge in [-0.05, 0) is 38.0 Å². The molecule has 7 nitrogen and oxygen atoms in total. The molecule has 1 N–H and O–H groups in total. The van der Waals surface area contributed by atoms with Crippen molar-refractivity contribution in [3.63, 3.8) is 0 Å². The largest absolute Gasteiger partial charge is 0.481 e. The number of carbonyl (C=O) groups is 1. The van der Waals surface area contributed by atoms with E-state index in [0.29, 0.717) is 12.1 Å². The van der Waals surface area contributed by atoms with Crippen molar-refractivity contribution in [2.75, 3.05) is 4.31 Å². The lowest BCUT2D eigenvalue weighted by atomic mass is 10.1. The summed E-state index contributed by atoms with van der Waals surface area (Å²) in [5.74, 6) is -1.02. The Bertz CT molecular complexity index is 873. The average Bonchev–Trinajstić information content (AvgIpc) is 3.11. The third kappa shape index (κ3) is 2.66. The van der Waals surface area contributed by atoms with Gasteiger partial charge >= 0.3 is 5.97 Å². The molecule has 8 heteroatoms. The predicted octanol–water partition coefficient (Wildman–Crippen LogP) is 2.06. The minimum atomic E-state index is -3.91. The van der Waals surface area contributed by atoms with Crippen LogP contribution in [0, 0.1) is 0 Å². The van der Waals surface area contributed by atoms with E-state index in [4.69, 9.17) is 0 Å². The molecule has 1 aromatic carbocycles. The summed E-state index contributed by atoms with van der Waals surface area (Å²) < 4.78 is 29.2. The van der Waals surface area contributed by atoms with Gasteiger partial charge in [0.2, 0.25) is 0 Å². The second-order valence-electron chi connectivity index (χ2n) is 6.09. The van der Waals surface area contributed by atoms with Crippen LogP contribution in [0.2, 0.25) is 0 Å². The molecular weight excluding hydrogens is 330 g/mol. The Morgan fingerprint density at radius 2 is 2.04 bits per heavy atom. The van der Waals surface area contributed by atoms with Gasteiger partial charge in [0, 0.05) is 6.04 Å². The highest BCUT2D eigenvalue weighted by Gasteiger charge is 2.40. The average molecular weight is 349 g/mol. The Balaban J connectivity index is 2.12. The number of fused-ring (bicyclic) bond motifs is 1. The van der Waals surface area contributed by atoms with Crippen LogP contribution in [0.25, 0.3) is 0 Å². The molecule has 1 aliphatic heterocycles. The van der Waals surface area contributed by atoms with Crippen molar-refractivity contribution in [2.24, 2.45) is 0 Å². The molecule has 2 heterocycles. The highest BCUT2D eigenvalue weighted by Crippen LogP contribution is 2.38. The normalized spacial score (nSPS) is 17.3. The fraction of sp³-hybridized carbons (Fsp3) is 0.375.